The summed E-state index contributed by atoms with van der Waals surface area (Å²) >= 11 is 0. The van der Waals surface area contributed by atoms with Gasteiger partial charge in [0.1, 0.15) is 0 Å². The molecule has 0 aromatic rings. The average Bonchev–Trinajstić information content (AvgIpc) is 2.77. The van der Waals surface area contributed by atoms with Crippen LogP contribution in [-0.2, 0) is 4.79 Å². The Labute approximate surface area is 109 Å². The van der Waals surface area contributed by atoms with E-state index in [-0.39, 0.29) is 0 Å². The molecule has 0 aromatic carbocycles. The van der Waals surface area contributed by atoms with Gasteiger partial charge in [-0.2, -0.15) is 0 Å². The van der Waals surface area contributed by atoms with Gasteiger partial charge < -0.3 is 5.11 Å². The molecule has 0 aromatic heterocycles. The van der Waals surface area contributed by atoms with Crippen LogP contribution < -0.4 is 0 Å². The van der Waals surface area contributed by atoms with E-state index in [0.29, 0.717) is 6.04 Å². The maximum Gasteiger partial charge on any atom is 0.328 e. The van der Waals surface area contributed by atoms with Gasteiger partial charge in [-0.1, -0.05) is 12.0 Å². The van der Waals surface area contributed by atoms with Gasteiger partial charge in [-0.25, -0.2) is 4.79 Å². The molecule has 4 heteroatoms. The molecule has 0 spiro atoms. The highest BCUT2D eigenvalue weighted by molar-refractivity contribution is 5.80. The molecule has 2 rings (SSSR count). The summed E-state index contributed by atoms with van der Waals surface area (Å²) in [6.45, 7) is 7.42. The molecule has 2 fully saturated rings. The van der Waals surface area contributed by atoms with Crippen molar-refractivity contribution in [3.05, 3.63) is 11.6 Å². The summed E-state index contributed by atoms with van der Waals surface area (Å²) in [6, 6.07) is 0.697. The Balaban J connectivity index is 1.79. The third-order valence-electron chi connectivity index (χ3n) is 4.00. The van der Waals surface area contributed by atoms with Gasteiger partial charge >= 0.3 is 5.97 Å². The molecule has 18 heavy (non-hydrogen) atoms. The van der Waals surface area contributed by atoms with Crippen molar-refractivity contribution in [3.8, 4) is 0 Å². The topological polar surface area (TPSA) is 43.8 Å². The van der Waals surface area contributed by atoms with Crippen molar-refractivity contribution in [1.82, 2.24) is 9.80 Å². The molecule has 2 heterocycles. The lowest BCUT2D eigenvalue weighted by Gasteiger charge is -2.32. The second-order valence-corrected chi connectivity index (χ2v) is 5.60. The van der Waals surface area contributed by atoms with Crippen LogP contribution in [0.2, 0.25) is 0 Å². The first kappa shape index (κ1) is 13.6. The highest BCUT2D eigenvalue weighted by Gasteiger charge is 2.28. The number of nitrogens with zero attached hydrogens (tertiary/aromatic N) is 2. The highest BCUT2D eigenvalue weighted by Crippen LogP contribution is 2.20. The van der Waals surface area contributed by atoms with E-state index in [1.54, 1.807) is 0 Å². The van der Waals surface area contributed by atoms with E-state index in [9.17, 15) is 4.79 Å². The van der Waals surface area contributed by atoms with Crippen molar-refractivity contribution in [2.45, 2.75) is 38.6 Å². The van der Waals surface area contributed by atoms with E-state index in [1.807, 2.05) is 6.92 Å². The minimum Gasteiger partial charge on any atom is -0.478 e. The number of hydrogen-bond donors (Lipinski definition) is 1. The van der Waals surface area contributed by atoms with Crippen LogP contribution in [0, 0.1) is 0 Å². The fourth-order valence-electron chi connectivity index (χ4n) is 3.15. The van der Waals surface area contributed by atoms with Crippen LogP contribution in [0.3, 0.4) is 0 Å². The van der Waals surface area contributed by atoms with Crippen molar-refractivity contribution in [1.29, 1.82) is 0 Å². The van der Waals surface area contributed by atoms with Crippen LogP contribution in [0.25, 0.3) is 0 Å². The maximum absolute atomic E-state index is 10.6. The smallest absolute Gasteiger partial charge is 0.328 e. The first-order chi connectivity index (χ1) is 8.65. The summed E-state index contributed by atoms with van der Waals surface area (Å²) in [4.78, 5) is 15.6. The third kappa shape index (κ3) is 3.82. The van der Waals surface area contributed by atoms with Crippen molar-refractivity contribution in [2.24, 2.45) is 0 Å². The first-order valence-electron chi connectivity index (χ1n) is 7.01. The number of carboxylic acid groups (broad SMARTS) is 1. The van der Waals surface area contributed by atoms with Crippen LogP contribution in [0.15, 0.2) is 11.6 Å². The summed E-state index contributed by atoms with van der Waals surface area (Å²) in [5.41, 5.74) is 0.946. The largest absolute Gasteiger partial charge is 0.478 e. The van der Waals surface area contributed by atoms with E-state index in [0.717, 1.165) is 25.2 Å². The number of aliphatic carboxylic acids is 1. The molecule has 0 bridgehead atoms. The van der Waals surface area contributed by atoms with Gasteiger partial charge in [0.2, 0.25) is 0 Å². The Bertz CT molecular complexity index is 322. The summed E-state index contributed by atoms with van der Waals surface area (Å²) in [5.74, 6) is -0.834. The standard InChI is InChI=1S/C14H24N2O2/c1-12(9-14(17)18)10-15-8-5-13(11-15)16-6-3-2-4-7-16/h9,13H,2-8,10-11H2,1H3,(H,17,18). The lowest BCUT2D eigenvalue weighted by atomic mass is 10.1. The van der Waals surface area contributed by atoms with E-state index in [1.165, 1.54) is 44.8 Å². The average molecular weight is 252 g/mol. The summed E-state index contributed by atoms with van der Waals surface area (Å²) in [5, 5.41) is 8.71. The summed E-state index contributed by atoms with van der Waals surface area (Å²) < 4.78 is 0. The second-order valence-electron chi connectivity index (χ2n) is 5.60. The summed E-state index contributed by atoms with van der Waals surface area (Å²) in [7, 11) is 0. The number of carbonyl (C=O) groups is 1. The van der Waals surface area contributed by atoms with Gasteiger partial charge in [-0.15, -0.1) is 0 Å². The van der Waals surface area contributed by atoms with Gasteiger partial charge in [-0.05, 0) is 39.3 Å². The Kier molecular flexibility index (Phi) is 4.78. The lowest BCUT2D eigenvalue weighted by molar-refractivity contribution is -0.131. The molecule has 0 amide bonds. The minimum atomic E-state index is -0.834. The van der Waals surface area contributed by atoms with E-state index in [2.05, 4.69) is 9.80 Å². The first-order valence-corrected chi connectivity index (χ1v) is 7.01. The van der Waals surface area contributed by atoms with E-state index in [4.69, 9.17) is 5.11 Å². The van der Waals surface area contributed by atoms with Gasteiger partial charge in [0.15, 0.2) is 0 Å². The predicted molar refractivity (Wildman–Crippen MR) is 71.7 cm³/mol. The Morgan fingerprint density at radius 3 is 2.67 bits per heavy atom. The third-order valence-corrected chi connectivity index (χ3v) is 4.00. The van der Waals surface area contributed by atoms with Crippen LogP contribution in [0.4, 0.5) is 0 Å². The zero-order valence-corrected chi connectivity index (χ0v) is 11.3. The zero-order valence-electron chi connectivity index (χ0n) is 11.3. The zero-order chi connectivity index (χ0) is 13.0. The number of piperidine rings is 1. The Morgan fingerprint density at radius 2 is 2.00 bits per heavy atom. The molecule has 2 aliphatic rings. The van der Waals surface area contributed by atoms with Crippen molar-refractivity contribution < 1.29 is 9.90 Å². The Hall–Kier alpha value is -0.870. The van der Waals surface area contributed by atoms with E-state index < -0.39 is 5.97 Å². The second kappa shape index (κ2) is 6.34. The number of rotatable bonds is 4. The fourth-order valence-corrected chi connectivity index (χ4v) is 3.15. The Morgan fingerprint density at radius 1 is 1.28 bits per heavy atom. The molecule has 2 saturated heterocycles. The summed E-state index contributed by atoms with van der Waals surface area (Å²) in [6.07, 6.45) is 6.63. The highest BCUT2D eigenvalue weighted by atomic mass is 16.4. The number of likely N-dealkylation sites (tertiary alicyclic amines) is 2. The van der Waals surface area contributed by atoms with Crippen molar-refractivity contribution in [3.63, 3.8) is 0 Å². The fraction of sp³-hybridized carbons (Fsp3) is 0.786. The maximum atomic E-state index is 10.6. The lowest BCUT2D eigenvalue weighted by Crippen LogP contribution is -2.41. The molecule has 1 unspecified atom stereocenters. The quantitative estimate of drug-likeness (QED) is 0.772. The predicted octanol–water partition coefficient (Wildman–Crippen LogP) is 1.58. The van der Waals surface area contributed by atoms with Crippen molar-refractivity contribution in [2.75, 3.05) is 32.7 Å². The van der Waals surface area contributed by atoms with E-state index >= 15 is 0 Å². The van der Waals surface area contributed by atoms with Gasteiger partial charge in [-0.3, -0.25) is 9.80 Å². The molecule has 2 aliphatic heterocycles. The van der Waals surface area contributed by atoms with Gasteiger partial charge in [0, 0.05) is 31.8 Å². The van der Waals surface area contributed by atoms with Crippen LogP contribution in [-0.4, -0.2) is 59.6 Å². The van der Waals surface area contributed by atoms with Crippen LogP contribution in [0.5, 0.6) is 0 Å². The van der Waals surface area contributed by atoms with Gasteiger partial charge in [0.25, 0.3) is 0 Å². The number of hydrogen-bond acceptors (Lipinski definition) is 3. The minimum absolute atomic E-state index is 0.697. The molecule has 1 atom stereocenters. The van der Waals surface area contributed by atoms with Gasteiger partial charge in [0.05, 0.1) is 0 Å². The molecule has 102 valence electrons. The monoisotopic (exact) mass is 252 g/mol. The van der Waals surface area contributed by atoms with Crippen LogP contribution >= 0.6 is 0 Å². The molecule has 0 aliphatic carbocycles. The van der Waals surface area contributed by atoms with Crippen LogP contribution in [0.1, 0.15) is 32.6 Å². The molecule has 4 nitrogen and oxygen atoms in total. The number of carboxylic acids is 1. The molecule has 1 N–H and O–H groups in total. The molecular formula is C14H24N2O2. The molecule has 0 saturated carbocycles. The van der Waals surface area contributed by atoms with Crippen molar-refractivity contribution >= 4 is 5.97 Å². The SMILES string of the molecule is CC(=CC(=O)O)CN1CCC(N2CCCCC2)C1. The normalized spacial score (nSPS) is 27.6. The molecule has 0 radical (unpaired) electrons. The molecular weight excluding hydrogens is 228 g/mol.